The molecular weight excluding hydrogens is 392 g/mol. The zero-order valence-electron chi connectivity index (χ0n) is 16.7. The first-order valence-electron chi connectivity index (χ1n) is 9.29. The highest BCUT2D eigenvalue weighted by molar-refractivity contribution is 7.89. The van der Waals surface area contributed by atoms with E-state index in [0.717, 1.165) is 5.69 Å². The van der Waals surface area contributed by atoms with Crippen LogP contribution in [0, 0.1) is 6.92 Å². The predicted molar refractivity (Wildman–Crippen MR) is 110 cm³/mol. The van der Waals surface area contributed by atoms with Crippen LogP contribution in [0.25, 0.3) is 0 Å². The van der Waals surface area contributed by atoms with Crippen molar-refractivity contribution >= 4 is 27.5 Å². The number of methoxy groups -OCH3 is 1. The minimum Gasteiger partial charge on any atom is -0.465 e. The smallest absolute Gasteiger partial charge is 0.337 e. The minimum atomic E-state index is -3.73. The molecule has 0 aliphatic carbocycles. The molecule has 3 rings (SSSR count). The number of carbonyl (C=O) groups excluding carboxylic acids is 2. The monoisotopic (exact) mass is 416 g/mol. The maximum Gasteiger partial charge on any atom is 0.337 e. The molecule has 2 aromatic carbocycles. The van der Waals surface area contributed by atoms with Crippen molar-refractivity contribution in [3.05, 3.63) is 59.2 Å². The van der Waals surface area contributed by atoms with Gasteiger partial charge < -0.3 is 9.64 Å². The second-order valence-corrected chi connectivity index (χ2v) is 8.87. The van der Waals surface area contributed by atoms with Crippen molar-refractivity contribution in [1.82, 2.24) is 4.31 Å². The van der Waals surface area contributed by atoms with Gasteiger partial charge in [0, 0.05) is 37.4 Å². The Bertz CT molecular complexity index is 1020. The van der Waals surface area contributed by atoms with E-state index in [1.54, 1.807) is 31.2 Å². The summed E-state index contributed by atoms with van der Waals surface area (Å²) in [6, 6.07) is 11.9. The normalized spacial score (nSPS) is 15.2. The SMILES string of the molecule is COC(=O)c1ccc(C)c(S(=O)(=O)N2CCN(c3ccc(C(C)=O)cc3)CC2)c1. The molecule has 0 atom stereocenters. The van der Waals surface area contributed by atoms with Gasteiger partial charge in [0.05, 0.1) is 17.6 Å². The molecule has 1 aliphatic heterocycles. The summed E-state index contributed by atoms with van der Waals surface area (Å²) in [5.41, 5.74) is 2.40. The van der Waals surface area contributed by atoms with Crippen LogP contribution in [0.15, 0.2) is 47.4 Å². The Morgan fingerprint density at radius 2 is 1.52 bits per heavy atom. The lowest BCUT2D eigenvalue weighted by Crippen LogP contribution is -2.48. The molecular formula is C21H24N2O5S. The Labute approximate surface area is 170 Å². The standard InChI is InChI=1S/C21H24N2O5S/c1-15-4-5-18(21(25)28-3)14-20(15)29(26,27)23-12-10-22(11-13-23)19-8-6-17(7-9-19)16(2)24/h4-9,14H,10-13H2,1-3H3. The highest BCUT2D eigenvalue weighted by Gasteiger charge is 2.30. The Kier molecular flexibility index (Phi) is 6.04. The van der Waals surface area contributed by atoms with Gasteiger partial charge in [-0.1, -0.05) is 6.07 Å². The summed E-state index contributed by atoms with van der Waals surface area (Å²) in [6.07, 6.45) is 0. The summed E-state index contributed by atoms with van der Waals surface area (Å²) in [7, 11) is -2.46. The van der Waals surface area contributed by atoms with Gasteiger partial charge in [0.1, 0.15) is 0 Å². The van der Waals surface area contributed by atoms with Crippen LogP contribution >= 0.6 is 0 Å². The van der Waals surface area contributed by atoms with Gasteiger partial charge in [-0.3, -0.25) is 4.79 Å². The van der Waals surface area contributed by atoms with E-state index in [1.165, 1.54) is 24.4 Å². The van der Waals surface area contributed by atoms with Gasteiger partial charge in [0.25, 0.3) is 0 Å². The minimum absolute atomic E-state index is 0.0111. The van der Waals surface area contributed by atoms with Gasteiger partial charge in [0.2, 0.25) is 10.0 Å². The van der Waals surface area contributed by atoms with Crippen molar-refractivity contribution in [2.45, 2.75) is 18.7 Å². The Morgan fingerprint density at radius 1 is 0.931 bits per heavy atom. The molecule has 0 bridgehead atoms. The van der Waals surface area contributed by atoms with Gasteiger partial charge in [-0.15, -0.1) is 0 Å². The zero-order chi connectivity index (χ0) is 21.2. The number of anilines is 1. The number of hydrogen-bond acceptors (Lipinski definition) is 6. The van der Waals surface area contributed by atoms with E-state index in [4.69, 9.17) is 4.74 Å². The maximum atomic E-state index is 13.2. The third-order valence-electron chi connectivity index (χ3n) is 5.10. The van der Waals surface area contributed by atoms with E-state index < -0.39 is 16.0 Å². The summed E-state index contributed by atoms with van der Waals surface area (Å²) in [5, 5.41) is 0. The fourth-order valence-corrected chi connectivity index (χ4v) is 5.03. The van der Waals surface area contributed by atoms with Crippen molar-refractivity contribution in [2.75, 3.05) is 38.2 Å². The van der Waals surface area contributed by atoms with Crippen LogP contribution in [0.1, 0.15) is 33.2 Å². The molecule has 0 aromatic heterocycles. The first-order chi connectivity index (χ1) is 13.7. The Hall–Kier alpha value is -2.71. The zero-order valence-corrected chi connectivity index (χ0v) is 17.5. The van der Waals surface area contributed by atoms with Crippen molar-refractivity contribution in [2.24, 2.45) is 0 Å². The van der Waals surface area contributed by atoms with Crippen LogP contribution in [0.4, 0.5) is 5.69 Å². The van der Waals surface area contributed by atoms with Gasteiger partial charge in [-0.05, 0) is 55.8 Å². The lowest BCUT2D eigenvalue weighted by atomic mass is 10.1. The fourth-order valence-electron chi connectivity index (χ4n) is 3.36. The van der Waals surface area contributed by atoms with Crippen LogP contribution in [0.3, 0.4) is 0 Å². The summed E-state index contributed by atoms with van der Waals surface area (Å²) in [5.74, 6) is -0.558. The molecule has 2 aromatic rings. The maximum absolute atomic E-state index is 13.2. The molecule has 0 radical (unpaired) electrons. The number of ketones is 1. The van der Waals surface area contributed by atoms with E-state index in [0.29, 0.717) is 37.3 Å². The van der Waals surface area contributed by atoms with Crippen LogP contribution in [-0.2, 0) is 14.8 Å². The fraction of sp³-hybridized carbons (Fsp3) is 0.333. The summed E-state index contributed by atoms with van der Waals surface area (Å²) in [4.78, 5) is 25.4. The number of piperazine rings is 1. The number of benzene rings is 2. The van der Waals surface area contributed by atoms with E-state index >= 15 is 0 Å². The number of hydrogen-bond donors (Lipinski definition) is 0. The lowest BCUT2D eigenvalue weighted by molar-refractivity contribution is 0.0600. The molecule has 8 heteroatoms. The molecule has 7 nitrogen and oxygen atoms in total. The third kappa shape index (κ3) is 4.33. The number of aryl methyl sites for hydroxylation is 1. The molecule has 0 unspecified atom stereocenters. The van der Waals surface area contributed by atoms with Crippen molar-refractivity contribution < 1.29 is 22.7 Å². The predicted octanol–water partition coefficient (Wildman–Crippen LogP) is 2.50. The number of carbonyl (C=O) groups is 2. The Balaban J connectivity index is 1.76. The number of esters is 1. The molecule has 29 heavy (non-hydrogen) atoms. The number of nitrogens with zero attached hydrogens (tertiary/aromatic N) is 2. The average molecular weight is 416 g/mol. The average Bonchev–Trinajstić information content (AvgIpc) is 2.73. The number of Topliss-reactive ketones (excluding diaryl/α,β-unsaturated/α-hetero) is 1. The second kappa shape index (κ2) is 8.34. The third-order valence-corrected chi connectivity index (χ3v) is 7.15. The van der Waals surface area contributed by atoms with Gasteiger partial charge >= 0.3 is 5.97 Å². The highest BCUT2D eigenvalue weighted by Crippen LogP contribution is 2.25. The molecule has 154 valence electrons. The quantitative estimate of drug-likeness (QED) is 0.550. The Morgan fingerprint density at radius 3 is 2.07 bits per heavy atom. The molecule has 1 saturated heterocycles. The molecule has 0 spiro atoms. The molecule has 1 heterocycles. The van der Waals surface area contributed by atoms with E-state index in [1.807, 2.05) is 12.1 Å². The molecule has 0 saturated carbocycles. The van der Waals surface area contributed by atoms with Crippen LogP contribution in [0.5, 0.6) is 0 Å². The molecule has 1 fully saturated rings. The van der Waals surface area contributed by atoms with Crippen LogP contribution in [-0.4, -0.2) is 57.8 Å². The largest absolute Gasteiger partial charge is 0.465 e. The first kappa shape index (κ1) is 21.0. The van der Waals surface area contributed by atoms with Crippen LogP contribution in [0.2, 0.25) is 0 Å². The van der Waals surface area contributed by atoms with Gasteiger partial charge in [-0.2, -0.15) is 4.31 Å². The van der Waals surface area contributed by atoms with E-state index in [-0.39, 0.29) is 16.2 Å². The topological polar surface area (TPSA) is 84.0 Å². The van der Waals surface area contributed by atoms with E-state index in [9.17, 15) is 18.0 Å². The number of rotatable bonds is 5. The van der Waals surface area contributed by atoms with Crippen LogP contribution < -0.4 is 4.90 Å². The summed E-state index contributed by atoms with van der Waals surface area (Å²) >= 11 is 0. The number of ether oxygens (including phenoxy) is 1. The second-order valence-electron chi connectivity index (χ2n) is 6.97. The van der Waals surface area contributed by atoms with E-state index in [2.05, 4.69) is 4.90 Å². The molecule has 0 amide bonds. The van der Waals surface area contributed by atoms with Gasteiger partial charge in [0.15, 0.2) is 5.78 Å². The van der Waals surface area contributed by atoms with Crippen molar-refractivity contribution in [3.8, 4) is 0 Å². The van der Waals surface area contributed by atoms with Crippen molar-refractivity contribution in [1.29, 1.82) is 0 Å². The highest BCUT2D eigenvalue weighted by atomic mass is 32.2. The lowest BCUT2D eigenvalue weighted by Gasteiger charge is -2.35. The summed E-state index contributed by atoms with van der Waals surface area (Å²) < 4.78 is 32.4. The van der Waals surface area contributed by atoms with Crippen molar-refractivity contribution in [3.63, 3.8) is 0 Å². The first-order valence-corrected chi connectivity index (χ1v) is 10.7. The number of sulfonamides is 1. The molecule has 1 aliphatic rings. The molecule has 0 N–H and O–H groups in total. The summed E-state index contributed by atoms with van der Waals surface area (Å²) in [6.45, 7) is 4.97. The van der Waals surface area contributed by atoms with Gasteiger partial charge in [-0.25, -0.2) is 13.2 Å².